The van der Waals surface area contributed by atoms with Crippen LogP contribution < -0.4 is 10.1 Å². The van der Waals surface area contributed by atoms with Gasteiger partial charge in [-0.1, -0.05) is 32.9 Å². The minimum atomic E-state index is 0.323. The van der Waals surface area contributed by atoms with E-state index in [0.717, 1.165) is 12.2 Å². The van der Waals surface area contributed by atoms with E-state index < -0.39 is 0 Å². The fourth-order valence-electron chi connectivity index (χ4n) is 2.35. The quantitative estimate of drug-likeness (QED) is 0.831. The zero-order valence-corrected chi connectivity index (χ0v) is 12.4. The summed E-state index contributed by atoms with van der Waals surface area (Å²) in [5, 5.41) is 3.43. The Kier molecular flexibility index (Phi) is 5.67. The highest BCUT2D eigenvalue weighted by Crippen LogP contribution is 2.23. The average molecular weight is 249 g/mol. The van der Waals surface area contributed by atoms with E-state index in [0.29, 0.717) is 11.5 Å². The first kappa shape index (κ1) is 15.0. The summed E-state index contributed by atoms with van der Waals surface area (Å²) in [5.74, 6) is 0.952. The molecule has 0 aliphatic rings. The molecule has 102 valence electrons. The molecule has 1 unspecified atom stereocenters. The van der Waals surface area contributed by atoms with Crippen LogP contribution in [0.3, 0.4) is 0 Å². The SMILES string of the molecule is CNC(CCCc1cccc(OC)c1)C(C)(C)C. The fourth-order valence-corrected chi connectivity index (χ4v) is 2.35. The molecule has 0 aliphatic heterocycles. The van der Waals surface area contributed by atoms with Crippen LogP contribution in [0.15, 0.2) is 24.3 Å². The van der Waals surface area contributed by atoms with Gasteiger partial charge in [-0.2, -0.15) is 0 Å². The number of methoxy groups -OCH3 is 1. The first-order chi connectivity index (χ1) is 8.47. The van der Waals surface area contributed by atoms with E-state index in [1.807, 2.05) is 6.07 Å². The molecular formula is C16H27NO. The van der Waals surface area contributed by atoms with E-state index in [2.05, 4.69) is 51.3 Å². The molecule has 1 aromatic carbocycles. The van der Waals surface area contributed by atoms with E-state index in [-0.39, 0.29) is 0 Å². The first-order valence-corrected chi connectivity index (χ1v) is 6.77. The smallest absolute Gasteiger partial charge is 0.119 e. The van der Waals surface area contributed by atoms with E-state index in [1.165, 1.54) is 18.4 Å². The normalized spacial score (nSPS) is 13.4. The van der Waals surface area contributed by atoms with Crippen molar-refractivity contribution in [3.63, 3.8) is 0 Å². The van der Waals surface area contributed by atoms with Crippen LogP contribution in [0.5, 0.6) is 5.75 Å². The Hall–Kier alpha value is -1.02. The standard InChI is InChI=1S/C16H27NO/c1-16(2,3)15(17-4)11-7-9-13-8-6-10-14(12-13)18-5/h6,8,10,12,15,17H,7,9,11H2,1-5H3. The topological polar surface area (TPSA) is 21.3 Å². The summed E-state index contributed by atoms with van der Waals surface area (Å²) in [6, 6.07) is 8.94. The lowest BCUT2D eigenvalue weighted by molar-refractivity contribution is 0.263. The summed E-state index contributed by atoms with van der Waals surface area (Å²) < 4.78 is 5.25. The molecule has 0 spiro atoms. The van der Waals surface area contributed by atoms with E-state index in [9.17, 15) is 0 Å². The summed E-state index contributed by atoms with van der Waals surface area (Å²) in [5.41, 5.74) is 1.68. The lowest BCUT2D eigenvalue weighted by atomic mass is 9.83. The van der Waals surface area contributed by atoms with Gasteiger partial charge >= 0.3 is 0 Å². The molecule has 0 bridgehead atoms. The van der Waals surface area contributed by atoms with Crippen LogP contribution in [-0.4, -0.2) is 20.2 Å². The molecule has 0 aliphatic carbocycles. The lowest BCUT2D eigenvalue weighted by Gasteiger charge is -2.30. The zero-order chi connectivity index (χ0) is 13.6. The van der Waals surface area contributed by atoms with Crippen LogP contribution >= 0.6 is 0 Å². The Balaban J connectivity index is 2.45. The van der Waals surface area contributed by atoms with Crippen molar-refractivity contribution in [1.29, 1.82) is 0 Å². The highest BCUT2D eigenvalue weighted by molar-refractivity contribution is 5.28. The third-order valence-electron chi connectivity index (χ3n) is 3.49. The van der Waals surface area contributed by atoms with Crippen LogP contribution in [0, 0.1) is 5.41 Å². The maximum atomic E-state index is 5.25. The maximum absolute atomic E-state index is 5.25. The van der Waals surface area contributed by atoms with E-state index in [1.54, 1.807) is 7.11 Å². The number of nitrogens with one attached hydrogen (secondary N) is 1. The molecule has 1 atom stereocenters. The number of rotatable bonds is 6. The Morgan fingerprint density at radius 3 is 2.56 bits per heavy atom. The van der Waals surface area contributed by atoms with Crippen molar-refractivity contribution in [2.24, 2.45) is 5.41 Å². The van der Waals surface area contributed by atoms with Gasteiger partial charge in [0.05, 0.1) is 7.11 Å². The Morgan fingerprint density at radius 2 is 2.00 bits per heavy atom. The molecular weight excluding hydrogens is 222 g/mol. The lowest BCUT2D eigenvalue weighted by Crippen LogP contribution is -2.37. The van der Waals surface area contributed by atoms with Crippen LogP contribution in [0.2, 0.25) is 0 Å². The molecule has 1 rings (SSSR count). The van der Waals surface area contributed by atoms with Crippen molar-refractivity contribution < 1.29 is 4.74 Å². The fraction of sp³-hybridized carbons (Fsp3) is 0.625. The largest absolute Gasteiger partial charge is 0.497 e. The molecule has 0 amide bonds. The van der Waals surface area contributed by atoms with Gasteiger partial charge in [0.15, 0.2) is 0 Å². The summed E-state index contributed by atoms with van der Waals surface area (Å²) in [6.45, 7) is 6.87. The van der Waals surface area contributed by atoms with Crippen LogP contribution in [0.1, 0.15) is 39.2 Å². The molecule has 0 heterocycles. The van der Waals surface area contributed by atoms with Crippen molar-refractivity contribution in [3.8, 4) is 5.75 Å². The number of hydrogen-bond acceptors (Lipinski definition) is 2. The molecule has 18 heavy (non-hydrogen) atoms. The van der Waals surface area contributed by atoms with Crippen molar-refractivity contribution in [2.75, 3.05) is 14.2 Å². The van der Waals surface area contributed by atoms with Gasteiger partial charge in [-0.05, 0) is 49.4 Å². The van der Waals surface area contributed by atoms with Crippen molar-refractivity contribution >= 4 is 0 Å². The van der Waals surface area contributed by atoms with Gasteiger partial charge in [-0.15, -0.1) is 0 Å². The van der Waals surface area contributed by atoms with Crippen molar-refractivity contribution in [1.82, 2.24) is 5.32 Å². The summed E-state index contributed by atoms with van der Waals surface area (Å²) in [7, 11) is 3.78. The van der Waals surface area contributed by atoms with E-state index >= 15 is 0 Å². The molecule has 1 aromatic rings. The van der Waals surface area contributed by atoms with Gasteiger partial charge in [0, 0.05) is 6.04 Å². The molecule has 2 nitrogen and oxygen atoms in total. The number of ether oxygens (including phenoxy) is 1. The summed E-state index contributed by atoms with van der Waals surface area (Å²) in [4.78, 5) is 0. The highest BCUT2D eigenvalue weighted by Gasteiger charge is 2.21. The van der Waals surface area contributed by atoms with Gasteiger partial charge in [0.2, 0.25) is 0 Å². The third-order valence-corrected chi connectivity index (χ3v) is 3.49. The second-order valence-electron chi connectivity index (χ2n) is 5.95. The van der Waals surface area contributed by atoms with Gasteiger partial charge in [-0.25, -0.2) is 0 Å². The predicted molar refractivity (Wildman–Crippen MR) is 78.2 cm³/mol. The molecule has 1 N–H and O–H groups in total. The van der Waals surface area contributed by atoms with Gasteiger partial charge < -0.3 is 10.1 Å². The monoisotopic (exact) mass is 249 g/mol. The second kappa shape index (κ2) is 6.79. The van der Waals surface area contributed by atoms with Gasteiger partial charge in [0.1, 0.15) is 5.75 Å². The maximum Gasteiger partial charge on any atom is 0.119 e. The molecule has 2 heteroatoms. The zero-order valence-electron chi connectivity index (χ0n) is 12.4. The van der Waals surface area contributed by atoms with Gasteiger partial charge in [-0.3, -0.25) is 0 Å². The molecule has 0 fully saturated rings. The number of hydrogen-bond donors (Lipinski definition) is 1. The number of aryl methyl sites for hydroxylation is 1. The van der Waals surface area contributed by atoms with Crippen molar-refractivity contribution in [2.45, 2.75) is 46.1 Å². The summed E-state index contributed by atoms with van der Waals surface area (Å²) >= 11 is 0. The number of benzene rings is 1. The van der Waals surface area contributed by atoms with Crippen molar-refractivity contribution in [3.05, 3.63) is 29.8 Å². The summed E-state index contributed by atoms with van der Waals surface area (Å²) in [6.07, 6.45) is 3.53. The first-order valence-electron chi connectivity index (χ1n) is 6.77. The molecule has 0 radical (unpaired) electrons. The molecule has 0 saturated heterocycles. The van der Waals surface area contributed by atoms with E-state index in [4.69, 9.17) is 4.74 Å². The van der Waals surface area contributed by atoms with Crippen LogP contribution in [0.4, 0.5) is 0 Å². The minimum absolute atomic E-state index is 0.323. The Morgan fingerprint density at radius 1 is 1.28 bits per heavy atom. The van der Waals surface area contributed by atoms with Crippen LogP contribution in [0.25, 0.3) is 0 Å². The minimum Gasteiger partial charge on any atom is -0.497 e. The predicted octanol–water partition coefficient (Wildman–Crippen LogP) is 3.65. The van der Waals surface area contributed by atoms with Gasteiger partial charge in [0.25, 0.3) is 0 Å². The third kappa shape index (κ3) is 4.69. The highest BCUT2D eigenvalue weighted by atomic mass is 16.5. The Labute approximate surface area is 112 Å². The molecule has 0 aromatic heterocycles. The molecule has 0 saturated carbocycles. The Bertz CT molecular complexity index is 354. The second-order valence-corrected chi connectivity index (χ2v) is 5.95. The van der Waals surface area contributed by atoms with Crippen LogP contribution in [-0.2, 0) is 6.42 Å². The average Bonchev–Trinajstić information content (AvgIpc) is 2.33.